The quantitative estimate of drug-likeness (QED) is 0.286. The molecule has 0 unspecified atom stereocenters. The van der Waals surface area contributed by atoms with E-state index in [4.69, 9.17) is 18.9 Å². The first-order valence-corrected chi connectivity index (χ1v) is 12.3. The Labute approximate surface area is 207 Å². The van der Waals surface area contributed by atoms with Crippen molar-refractivity contribution in [3.8, 4) is 34.4 Å². The number of rotatable bonds is 11. The molecule has 0 radical (unpaired) electrons. The summed E-state index contributed by atoms with van der Waals surface area (Å²) in [5, 5.41) is 4.44. The van der Waals surface area contributed by atoms with Crippen LogP contribution in [0.25, 0.3) is 22.4 Å². The molecule has 0 amide bonds. The second-order valence-electron chi connectivity index (χ2n) is 7.94. The van der Waals surface area contributed by atoms with Gasteiger partial charge in [0.05, 0.1) is 32.5 Å². The number of benzene rings is 2. The van der Waals surface area contributed by atoms with Gasteiger partial charge in [0.1, 0.15) is 5.75 Å². The molecule has 0 N–H and O–H groups in total. The van der Waals surface area contributed by atoms with E-state index in [9.17, 15) is 4.79 Å². The van der Waals surface area contributed by atoms with Crippen LogP contribution in [0.15, 0.2) is 41.2 Å². The Hall–Kier alpha value is -3.59. The van der Waals surface area contributed by atoms with Crippen molar-refractivity contribution >= 4 is 22.4 Å². The molecule has 2 aromatic carbocycles. The van der Waals surface area contributed by atoms with Gasteiger partial charge in [-0.3, -0.25) is 4.79 Å². The van der Waals surface area contributed by atoms with E-state index < -0.39 is 0 Å². The van der Waals surface area contributed by atoms with Gasteiger partial charge in [-0.25, -0.2) is 0 Å². The van der Waals surface area contributed by atoms with Crippen molar-refractivity contribution in [2.75, 3.05) is 27.9 Å². The highest BCUT2D eigenvalue weighted by atomic mass is 32.1. The molecule has 0 bridgehead atoms. The number of methoxy groups -OCH3 is 3. The van der Waals surface area contributed by atoms with Crippen LogP contribution in [-0.2, 0) is 0 Å². The lowest BCUT2D eigenvalue weighted by atomic mass is 10.1. The minimum Gasteiger partial charge on any atom is -0.494 e. The summed E-state index contributed by atoms with van der Waals surface area (Å²) >= 11 is 1.28. The minimum atomic E-state index is -0.232. The molecule has 9 heteroatoms. The van der Waals surface area contributed by atoms with Gasteiger partial charge in [-0.15, -0.1) is 5.10 Å². The highest BCUT2D eigenvalue weighted by Gasteiger charge is 2.15. The van der Waals surface area contributed by atoms with Gasteiger partial charge in [-0.2, -0.15) is 9.50 Å². The van der Waals surface area contributed by atoms with Crippen molar-refractivity contribution in [2.24, 2.45) is 0 Å². The van der Waals surface area contributed by atoms with Crippen LogP contribution in [0.5, 0.6) is 23.0 Å². The van der Waals surface area contributed by atoms with E-state index in [1.807, 2.05) is 24.3 Å². The zero-order valence-electron chi connectivity index (χ0n) is 20.4. The number of hydrogen-bond donors (Lipinski definition) is 0. The maximum absolute atomic E-state index is 13.0. The third kappa shape index (κ3) is 5.40. The fourth-order valence-electron chi connectivity index (χ4n) is 3.71. The Morgan fingerprint density at radius 1 is 0.971 bits per heavy atom. The highest BCUT2D eigenvalue weighted by Crippen LogP contribution is 2.38. The molecule has 2 aromatic heterocycles. The van der Waals surface area contributed by atoms with Crippen LogP contribution >= 0.6 is 11.3 Å². The topological polar surface area (TPSA) is 84.2 Å². The van der Waals surface area contributed by atoms with Gasteiger partial charge in [-0.1, -0.05) is 37.5 Å². The van der Waals surface area contributed by atoms with E-state index >= 15 is 0 Å². The highest BCUT2D eigenvalue weighted by molar-refractivity contribution is 7.15. The molecule has 8 nitrogen and oxygen atoms in total. The first kappa shape index (κ1) is 24.5. The van der Waals surface area contributed by atoms with Gasteiger partial charge in [0, 0.05) is 5.56 Å². The summed E-state index contributed by atoms with van der Waals surface area (Å²) in [7, 11) is 4.65. The second kappa shape index (κ2) is 11.2. The van der Waals surface area contributed by atoms with Crippen LogP contribution in [-0.4, -0.2) is 42.5 Å². The number of hydrogen-bond acceptors (Lipinski definition) is 8. The summed E-state index contributed by atoms with van der Waals surface area (Å²) in [6.07, 6.45) is 6.44. The van der Waals surface area contributed by atoms with Gasteiger partial charge in [0.25, 0.3) is 5.56 Å². The van der Waals surface area contributed by atoms with E-state index in [0.717, 1.165) is 23.3 Å². The largest absolute Gasteiger partial charge is 0.494 e. The van der Waals surface area contributed by atoms with E-state index in [1.54, 1.807) is 39.5 Å². The van der Waals surface area contributed by atoms with E-state index in [0.29, 0.717) is 39.2 Å². The van der Waals surface area contributed by atoms with Crippen molar-refractivity contribution < 1.29 is 18.9 Å². The van der Waals surface area contributed by atoms with Gasteiger partial charge in [0.2, 0.25) is 10.7 Å². The van der Waals surface area contributed by atoms with Gasteiger partial charge in [-0.05, 0) is 54.5 Å². The van der Waals surface area contributed by atoms with Crippen molar-refractivity contribution in [3.63, 3.8) is 0 Å². The monoisotopic (exact) mass is 495 g/mol. The summed E-state index contributed by atoms with van der Waals surface area (Å²) in [5.41, 5.74) is 1.34. The molecular weight excluding hydrogens is 466 g/mol. The van der Waals surface area contributed by atoms with Crippen molar-refractivity contribution in [1.29, 1.82) is 0 Å². The van der Waals surface area contributed by atoms with Crippen LogP contribution in [0.2, 0.25) is 0 Å². The lowest BCUT2D eigenvalue weighted by Crippen LogP contribution is -2.23. The predicted octanol–water partition coefficient (Wildman–Crippen LogP) is 4.35. The number of thiazole rings is 1. The molecule has 0 aliphatic carbocycles. The third-order valence-corrected chi connectivity index (χ3v) is 6.50. The maximum Gasteiger partial charge on any atom is 0.291 e. The Kier molecular flexibility index (Phi) is 7.87. The SMILES string of the molecule is CCCCCCOc1ccc(-c2nc3s/c(=C/c4cc(OC)c(OC)c(OC)c4)c(=O)n3n2)cc1. The van der Waals surface area contributed by atoms with Crippen LogP contribution in [0, 0.1) is 0 Å². The molecule has 2 heterocycles. The Morgan fingerprint density at radius 2 is 1.69 bits per heavy atom. The van der Waals surface area contributed by atoms with Crippen molar-refractivity contribution in [1.82, 2.24) is 14.6 Å². The van der Waals surface area contributed by atoms with Crippen LogP contribution < -0.4 is 29.0 Å². The molecular formula is C26H29N3O5S. The Morgan fingerprint density at radius 3 is 2.29 bits per heavy atom. The smallest absolute Gasteiger partial charge is 0.291 e. The summed E-state index contributed by atoms with van der Waals surface area (Å²) < 4.78 is 23.8. The zero-order valence-corrected chi connectivity index (χ0v) is 21.2. The number of aromatic nitrogens is 3. The van der Waals surface area contributed by atoms with Gasteiger partial charge in [0.15, 0.2) is 17.3 Å². The fraction of sp³-hybridized carbons (Fsp3) is 0.346. The molecule has 0 saturated carbocycles. The van der Waals surface area contributed by atoms with Gasteiger partial charge >= 0.3 is 0 Å². The molecule has 0 aliphatic heterocycles. The fourth-order valence-corrected chi connectivity index (χ4v) is 4.62. The van der Waals surface area contributed by atoms with Crippen LogP contribution in [0.1, 0.15) is 38.2 Å². The first-order valence-electron chi connectivity index (χ1n) is 11.5. The van der Waals surface area contributed by atoms with Crippen molar-refractivity contribution in [2.45, 2.75) is 32.6 Å². The summed E-state index contributed by atoms with van der Waals surface area (Å²) in [6.45, 7) is 2.90. The molecule has 0 saturated heterocycles. The molecule has 4 aromatic rings. The average molecular weight is 496 g/mol. The van der Waals surface area contributed by atoms with E-state index in [1.165, 1.54) is 35.1 Å². The third-order valence-electron chi connectivity index (χ3n) is 5.55. The van der Waals surface area contributed by atoms with Gasteiger partial charge < -0.3 is 18.9 Å². The second-order valence-corrected chi connectivity index (χ2v) is 8.95. The number of fused-ring (bicyclic) bond motifs is 1. The Bertz CT molecular complexity index is 1370. The number of unbranched alkanes of at least 4 members (excludes halogenated alkanes) is 3. The molecule has 0 aliphatic rings. The molecule has 0 spiro atoms. The van der Waals surface area contributed by atoms with E-state index in [-0.39, 0.29) is 5.56 Å². The lowest BCUT2D eigenvalue weighted by molar-refractivity contribution is 0.305. The van der Waals surface area contributed by atoms with Crippen LogP contribution in [0.4, 0.5) is 0 Å². The van der Waals surface area contributed by atoms with Crippen molar-refractivity contribution in [3.05, 3.63) is 56.8 Å². The lowest BCUT2D eigenvalue weighted by Gasteiger charge is -2.12. The predicted molar refractivity (Wildman–Crippen MR) is 137 cm³/mol. The normalized spacial score (nSPS) is 11.7. The van der Waals surface area contributed by atoms with E-state index in [2.05, 4.69) is 17.0 Å². The molecule has 0 fully saturated rings. The molecule has 0 atom stereocenters. The maximum atomic E-state index is 13.0. The Balaban J connectivity index is 1.56. The summed E-state index contributed by atoms with van der Waals surface area (Å²) in [4.78, 5) is 18.1. The molecule has 184 valence electrons. The molecule has 4 rings (SSSR count). The first-order chi connectivity index (χ1) is 17.1. The molecule has 35 heavy (non-hydrogen) atoms. The zero-order chi connectivity index (χ0) is 24.8. The average Bonchev–Trinajstić information content (AvgIpc) is 3.42. The summed E-state index contributed by atoms with van der Waals surface area (Å²) in [6, 6.07) is 11.2. The minimum absolute atomic E-state index is 0.232. The number of ether oxygens (including phenoxy) is 4. The summed E-state index contributed by atoms with van der Waals surface area (Å²) in [5.74, 6) is 2.84. The van der Waals surface area contributed by atoms with Crippen LogP contribution in [0.3, 0.4) is 0 Å². The standard InChI is InChI=1S/C26H29N3O5S/c1-5-6-7-8-13-34-19-11-9-18(10-12-19)24-27-26-29(28-24)25(30)22(35-26)16-17-14-20(31-2)23(33-4)21(15-17)32-3/h9-12,14-16H,5-8,13H2,1-4H3/b22-16+. The number of nitrogens with zero attached hydrogens (tertiary/aromatic N) is 3.